The van der Waals surface area contributed by atoms with Crippen LogP contribution >= 0.6 is 23.2 Å². The molecule has 0 aliphatic rings. The number of hydrogen-bond acceptors (Lipinski definition) is 2. The number of aliphatic hydroxyl groups is 1. The Labute approximate surface area is 146 Å². The summed E-state index contributed by atoms with van der Waals surface area (Å²) < 4.78 is 41.4. The number of benzene rings is 1. The van der Waals surface area contributed by atoms with E-state index in [0.717, 1.165) is 6.07 Å². The molecule has 0 fully saturated rings. The number of nitrogens with zero attached hydrogens (tertiary/aromatic N) is 1. The van der Waals surface area contributed by atoms with E-state index in [0.29, 0.717) is 5.56 Å². The molecule has 1 atom stereocenters. The molecule has 24 heavy (non-hydrogen) atoms. The maximum absolute atomic E-state index is 13.3. The van der Waals surface area contributed by atoms with Gasteiger partial charge in [0, 0.05) is 17.6 Å². The van der Waals surface area contributed by atoms with Crippen LogP contribution in [0.25, 0.3) is 11.3 Å². The van der Waals surface area contributed by atoms with Crippen molar-refractivity contribution in [1.29, 1.82) is 0 Å². The SMILES string of the molecule is Cc1c(C(=O)Cl)cn(C(CO)CCl)c1-c1ccccc1C(F)(F)F. The van der Waals surface area contributed by atoms with E-state index in [-0.39, 0.29) is 22.7 Å². The largest absolute Gasteiger partial charge is 0.417 e. The third kappa shape index (κ3) is 3.45. The molecule has 8 heteroatoms. The molecule has 0 amide bonds. The van der Waals surface area contributed by atoms with Crippen LogP contribution in [0.15, 0.2) is 30.5 Å². The lowest BCUT2D eigenvalue weighted by molar-refractivity contribution is -0.137. The Morgan fingerprint density at radius 2 is 1.96 bits per heavy atom. The number of halogens is 5. The van der Waals surface area contributed by atoms with Gasteiger partial charge >= 0.3 is 6.18 Å². The van der Waals surface area contributed by atoms with E-state index in [2.05, 4.69) is 0 Å². The van der Waals surface area contributed by atoms with Crippen molar-refractivity contribution >= 4 is 28.4 Å². The van der Waals surface area contributed by atoms with E-state index < -0.39 is 29.6 Å². The van der Waals surface area contributed by atoms with Gasteiger partial charge in [0.2, 0.25) is 0 Å². The van der Waals surface area contributed by atoms with Crippen LogP contribution in [0, 0.1) is 6.92 Å². The normalized spacial score (nSPS) is 13.1. The molecule has 0 spiro atoms. The lowest BCUT2D eigenvalue weighted by Crippen LogP contribution is -2.16. The maximum atomic E-state index is 13.3. The number of hydrogen-bond donors (Lipinski definition) is 1. The van der Waals surface area contributed by atoms with E-state index in [1.54, 1.807) is 0 Å². The highest BCUT2D eigenvalue weighted by Crippen LogP contribution is 2.40. The zero-order valence-electron chi connectivity index (χ0n) is 12.6. The fraction of sp³-hybridized carbons (Fsp3) is 0.312. The summed E-state index contributed by atoms with van der Waals surface area (Å²) in [7, 11) is 0. The van der Waals surface area contributed by atoms with Crippen LogP contribution in [0.2, 0.25) is 0 Å². The summed E-state index contributed by atoms with van der Waals surface area (Å²) in [6.07, 6.45) is -3.24. The van der Waals surface area contributed by atoms with Gasteiger partial charge in [0.1, 0.15) is 0 Å². The third-order valence-corrected chi connectivity index (χ3v) is 4.33. The Morgan fingerprint density at radius 1 is 1.33 bits per heavy atom. The van der Waals surface area contributed by atoms with Crippen LogP contribution in [0.4, 0.5) is 13.2 Å². The highest BCUT2D eigenvalue weighted by molar-refractivity contribution is 6.68. The molecule has 0 bridgehead atoms. The Hall–Kier alpha value is -1.50. The average Bonchev–Trinajstić information content (AvgIpc) is 2.85. The van der Waals surface area contributed by atoms with Crippen molar-refractivity contribution in [2.75, 3.05) is 12.5 Å². The molecule has 1 aromatic carbocycles. The van der Waals surface area contributed by atoms with Crippen LogP contribution in [-0.2, 0) is 6.18 Å². The minimum atomic E-state index is -4.57. The molecule has 0 saturated carbocycles. The second-order valence-electron chi connectivity index (χ2n) is 5.23. The second-order valence-corrected chi connectivity index (χ2v) is 5.88. The smallest absolute Gasteiger partial charge is 0.394 e. The Kier molecular flexibility index (Phi) is 5.63. The number of alkyl halides is 4. The second kappa shape index (κ2) is 7.17. The van der Waals surface area contributed by atoms with Gasteiger partial charge in [-0.05, 0) is 30.2 Å². The first-order valence-corrected chi connectivity index (χ1v) is 7.88. The molecule has 2 aromatic rings. The molecule has 0 saturated heterocycles. The summed E-state index contributed by atoms with van der Waals surface area (Å²) in [5.74, 6) is -0.0400. The van der Waals surface area contributed by atoms with Gasteiger partial charge in [0.05, 0.1) is 29.5 Å². The van der Waals surface area contributed by atoms with E-state index >= 15 is 0 Å². The minimum Gasteiger partial charge on any atom is -0.394 e. The van der Waals surface area contributed by atoms with Crippen LogP contribution in [0.3, 0.4) is 0 Å². The highest BCUT2D eigenvalue weighted by atomic mass is 35.5. The summed E-state index contributed by atoms with van der Waals surface area (Å²) in [4.78, 5) is 11.6. The average molecular weight is 380 g/mol. The summed E-state index contributed by atoms with van der Waals surface area (Å²) in [5.41, 5.74) is -0.406. The third-order valence-electron chi connectivity index (χ3n) is 3.77. The highest BCUT2D eigenvalue weighted by Gasteiger charge is 2.35. The first kappa shape index (κ1) is 18.8. The van der Waals surface area contributed by atoms with Crippen molar-refractivity contribution in [3.63, 3.8) is 0 Å². The summed E-state index contributed by atoms with van der Waals surface area (Å²) >= 11 is 11.3. The molecular formula is C16H14Cl2F3NO2. The molecule has 0 aliphatic heterocycles. The van der Waals surface area contributed by atoms with Gasteiger partial charge in [-0.15, -0.1) is 11.6 Å². The first-order chi connectivity index (χ1) is 11.2. The molecule has 3 nitrogen and oxygen atoms in total. The Bertz CT molecular complexity index is 752. The van der Waals surface area contributed by atoms with Crippen LogP contribution < -0.4 is 0 Å². The fourth-order valence-corrected chi connectivity index (χ4v) is 3.03. The molecule has 0 radical (unpaired) electrons. The van der Waals surface area contributed by atoms with Gasteiger partial charge in [0.15, 0.2) is 0 Å². The molecular weight excluding hydrogens is 366 g/mol. The monoisotopic (exact) mass is 379 g/mol. The Balaban J connectivity index is 2.81. The number of carbonyl (C=O) groups is 1. The van der Waals surface area contributed by atoms with Gasteiger partial charge in [-0.3, -0.25) is 4.79 Å². The van der Waals surface area contributed by atoms with Gasteiger partial charge in [-0.2, -0.15) is 13.2 Å². The van der Waals surface area contributed by atoms with Gasteiger partial charge < -0.3 is 9.67 Å². The molecule has 0 aliphatic carbocycles. The predicted molar refractivity (Wildman–Crippen MR) is 86.6 cm³/mol. The molecule has 1 aromatic heterocycles. The molecule has 130 valence electrons. The number of aliphatic hydroxyl groups excluding tert-OH is 1. The molecule has 1 N–H and O–H groups in total. The standard InChI is InChI=1S/C16H14Cl2F3NO2/c1-9-12(15(18)24)7-22(10(6-17)8-23)14(9)11-4-2-3-5-13(11)16(19,20)21/h2-5,7,10,23H,6,8H2,1H3. The van der Waals surface area contributed by atoms with Crippen molar-refractivity contribution in [3.05, 3.63) is 47.2 Å². The number of carbonyl (C=O) groups excluding carboxylic acids is 1. The van der Waals surface area contributed by atoms with E-state index in [9.17, 15) is 23.1 Å². The topological polar surface area (TPSA) is 42.2 Å². The first-order valence-electron chi connectivity index (χ1n) is 6.97. The van der Waals surface area contributed by atoms with Crippen LogP contribution in [0.1, 0.15) is 27.5 Å². The van der Waals surface area contributed by atoms with E-state index in [4.69, 9.17) is 23.2 Å². The lowest BCUT2D eigenvalue weighted by Gasteiger charge is -2.20. The van der Waals surface area contributed by atoms with Gasteiger partial charge in [-0.25, -0.2) is 0 Å². The summed E-state index contributed by atoms with van der Waals surface area (Å²) in [5, 5.41) is 8.68. The van der Waals surface area contributed by atoms with Crippen molar-refractivity contribution in [1.82, 2.24) is 4.57 Å². The zero-order chi connectivity index (χ0) is 18.1. The van der Waals surface area contributed by atoms with Gasteiger partial charge in [-0.1, -0.05) is 18.2 Å². The zero-order valence-corrected chi connectivity index (χ0v) is 14.1. The van der Waals surface area contributed by atoms with Crippen molar-refractivity contribution in [2.45, 2.75) is 19.1 Å². The van der Waals surface area contributed by atoms with Crippen molar-refractivity contribution in [3.8, 4) is 11.3 Å². The van der Waals surface area contributed by atoms with Crippen molar-refractivity contribution in [2.24, 2.45) is 0 Å². The molecule has 1 unspecified atom stereocenters. The van der Waals surface area contributed by atoms with Crippen LogP contribution in [0.5, 0.6) is 0 Å². The number of aromatic nitrogens is 1. The van der Waals surface area contributed by atoms with Gasteiger partial charge in [0.25, 0.3) is 5.24 Å². The summed E-state index contributed by atoms with van der Waals surface area (Å²) in [6, 6.07) is 4.34. The molecule has 2 rings (SSSR count). The number of rotatable bonds is 5. The Morgan fingerprint density at radius 3 is 2.46 bits per heavy atom. The van der Waals surface area contributed by atoms with Crippen LogP contribution in [-0.4, -0.2) is 27.4 Å². The maximum Gasteiger partial charge on any atom is 0.417 e. The van der Waals surface area contributed by atoms with Crippen molar-refractivity contribution < 1.29 is 23.1 Å². The fourth-order valence-electron chi connectivity index (χ4n) is 2.60. The molecule has 1 heterocycles. The quantitative estimate of drug-likeness (QED) is 0.607. The predicted octanol–water partition coefficient (Wildman–Crippen LogP) is 4.63. The lowest BCUT2D eigenvalue weighted by atomic mass is 10.00. The summed E-state index contributed by atoms with van der Waals surface area (Å²) in [6.45, 7) is 1.12. The van der Waals surface area contributed by atoms with E-state index in [1.807, 2.05) is 0 Å². The van der Waals surface area contributed by atoms with E-state index in [1.165, 1.54) is 35.9 Å². The minimum absolute atomic E-state index is 0.0400.